The molecule has 57 heavy (non-hydrogen) atoms. The molecule has 1 spiro atoms. The quantitative estimate of drug-likeness (QED) is 0.0456. The van der Waals surface area contributed by atoms with Crippen molar-refractivity contribution >= 4 is 46.5 Å². The highest BCUT2D eigenvalue weighted by Gasteiger charge is 2.64. The van der Waals surface area contributed by atoms with Gasteiger partial charge in [-0.15, -0.1) is 0 Å². The zero-order valence-corrected chi connectivity index (χ0v) is 31.4. The van der Waals surface area contributed by atoms with Crippen molar-refractivity contribution in [1.29, 1.82) is 0 Å². The summed E-state index contributed by atoms with van der Waals surface area (Å²) in [5, 5.41) is 27.3. The summed E-state index contributed by atoms with van der Waals surface area (Å²) < 4.78 is 12.2. The summed E-state index contributed by atoms with van der Waals surface area (Å²) >= 11 is 5.67. The fourth-order valence-electron chi connectivity index (χ4n) is 9.60. The van der Waals surface area contributed by atoms with Crippen LogP contribution < -0.4 is 20.3 Å². The normalized spacial score (nSPS) is 23.0. The first-order valence-electron chi connectivity index (χ1n) is 18.7. The Morgan fingerprint density at radius 1 is 0.842 bits per heavy atom. The van der Waals surface area contributed by atoms with Crippen LogP contribution in [0.2, 0.25) is 0 Å². The lowest BCUT2D eigenvalue weighted by molar-refractivity contribution is -0.137. The topological polar surface area (TPSA) is 137 Å². The van der Waals surface area contributed by atoms with Crippen molar-refractivity contribution in [2.45, 2.75) is 25.5 Å². The highest BCUT2D eigenvalue weighted by atomic mass is 32.1. The zero-order chi connectivity index (χ0) is 39.4. The predicted molar refractivity (Wildman–Crippen MR) is 217 cm³/mol. The molecule has 10 nitrogen and oxygen atoms in total. The fourth-order valence-corrected chi connectivity index (χ4v) is 9.79. The molecular formula is C46H35N3O7S. The van der Waals surface area contributed by atoms with E-state index in [1.54, 1.807) is 24.3 Å². The fraction of sp³-hybridized carbons (Fsp3) is 0.174. The molecule has 1 saturated carbocycles. The second-order valence-corrected chi connectivity index (χ2v) is 15.9. The van der Waals surface area contributed by atoms with E-state index in [4.69, 9.17) is 21.7 Å². The molecule has 4 unspecified atom stereocenters. The highest BCUT2D eigenvalue weighted by Crippen LogP contribution is 2.61. The SMILES string of the molecule is C=C1C(=O)N(c2ccc(-c3ccc(CNC(=S)Nc4ccc5c(c4)C4(OC5=O)c5ccc(O)cc5Oc5cc(O)ccc54)cc3)cc2)C(=O)C2(C)C3C=CC(C3)C12. The first kappa shape index (κ1) is 34.7. The number of piperidine rings is 1. The average molecular weight is 774 g/mol. The Kier molecular flexibility index (Phi) is 7.55. The van der Waals surface area contributed by atoms with E-state index in [1.807, 2.05) is 61.5 Å². The summed E-state index contributed by atoms with van der Waals surface area (Å²) in [5.41, 5.74) is 4.52. The van der Waals surface area contributed by atoms with Gasteiger partial charge in [-0.3, -0.25) is 9.59 Å². The summed E-state index contributed by atoms with van der Waals surface area (Å²) in [6.07, 6.45) is 5.16. The van der Waals surface area contributed by atoms with Crippen molar-refractivity contribution in [2.75, 3.05) is 10.2 Å². The van der Waals surface area contributed by atoms with Crippen LogP contribution in [0.25, 0.3) is 11.1 Å². The number of fused-ring (bicyclic) bond motifs is 11. The van der Waals surface area contributed by atoms with Crippen LogP contribution in [0.5, 0.6) is 23.0 Å². The second kappa shape index (κ2) is 12.4. The zero-order valence-electron chi connectivity index (χ0n) is 30.6. The standard InChI is InChI=1S/C46H35N3O7S/c1-24-40-28-7-10-29(19-28)45(40,2)43(54)49(41(24)52)31-12-8-27(9-13-31)26-5-3-25(4-6-26)23-47-44(57)48-30-11-16-34-37(20-30)46(56-42(34)53)35-17-14-32(50)21-38(35)55-39-22-33(51)15-18-36(39)46/h3-18,20-22,28-29,40,50-51H,1,19,23H2,2H3,(H2,47,48,57). The van der Waals surface area contributed by atoms with Crippen molar-refractivity contribution in [3.05, 3.63) is 155 Å². The van der Waals surface area contributed by atoms with Crippen molar-refractivity contribution in [1.82, 2.24) is 5.32 Å². The van der Waals surface area contributed by atoms with Crippen LogP contribution in [0, 0.1) is 23.2 Å². The van der Waals surface area contributed by atoms with Gasteiger partial charge < -0.3 is 30.3 Å². The Morgan fingerprint density at radius 3 is 2.16 bits per heavy atom. The number of hydrogen-bond acceptors (Lipinski definition) is 8. The minimum absolute atomic E-state index is 0.0226. The molecule has 2 aliphatic carbocycles. The van der Waals surface area contributed by atoms with Crippen LogP contribution in [0.15, 0.2) is 127 Å². The van der Waals surface area contributed by atoms with Crippen molar-refractivity contribution in [2.24, 2.45) is 23.2 Å². The number of thiocarbonyl (C=S) groups is 1. The summed E-state index contributed by atoms with van der Waals surface area (Å²) in [6, 6.07) is 30.0. The maximum atomic E-state index is 13.9. The lowest BCUT2D eigenvalue weighted by atomic mass is 9.64. The molecule has 0 radical (unpaired) electrons. The van der Waals surface area contributed by atoms with E-state index in [9.17, 15) is 24.6 Å². The van der Waals surface area contributed by atoms with Gasteiger partial charge in [0.1, 0.15) is 23.0 Å². The third kappa shape index (κ3) is 5.08. The van der Waals surface area contributed by atoms with Gasteiger partial charge in [-0.1, -0.05) is 55.1 Å². The van der Waals surface area contributed by atoms with Crippen LogP contribution in [0.4, 0.5) is 11.4 Å². The maximum Gasteiger partial charge on any atom is 0.340 e. The number of aromatic hydroxyl groups is 2. The number of benzene rings is 5. The molecule has 10 rings (SSSR count). The monoisotopic (exact) mass is 773 g/mol. The number of imide groups is 1. The number of hydrogen-bond donors (Lipinski definition) is 4. The van der Waals surface area contributed by atoms with E-state index >= 15 is 0 Å². The number of anilines is 2. The van der Waals surface area contributed by atoms with E-state index in [2.05, 4.69) is 29.4 Å². The second-order valence-electron chi connectivity index (χ2n) is 15.5. The molecule has 3 aliphatic heterocycles. The first-order valence-corrected chi connectivity index (χ1v) is 19.1. The number of phenolic OH excluding ortho intramolecular Hbond substituents is 2. The van der Waals surface area contributed by atoms with Crippen LogP contribution in [-0.2, 0) is 26.5 Å². The van der Waals surface area contributed by atoms with Gasteiger partial charge in [-0.2, -0.15) is 0 Å². The van der Waals surface area contributed by atoms with E-state index in [-0.39, 0.29) is 41.1 Å². The summed E-state index contributed by atoms with van der Waals surface area (Å²) in [4.78, 5) is 42.0. The van der Waals surface area contributed by atoms with E-state index in [1.165, 1.54) is 29.2 Å². The van der Waals surface area contributed by atoms with Crippen LogP contribution in [0.1, 0.15) is 46.0 Å². The average Bonchev–Trinajstić information content (AvgIpc) is 3.88. The molecule has 2 fully saturated rings. The Bertz CT molecular complexity index is 2600. The van der Waals surface area contributed by atoms with Gasteiger partial charge in [0.25, 0.3) is 5.91 Å². The molecule has 4 atom stereocenters. The third-order valence-electron chi connectivity index (χ3n) is 12.4. The number of rotatable bonds is 5. The van der Waals surface area contributed by atoms with Crippen molar-refractivity contribution < 1.29 is 34.1 Å². The lowest BCUT2D eigenvalue weighted by Crippen LogP contribution is -2.57. The van der Waals surface area contributed by atoms with E-state index in [0.29, 0.717) is 62.4 Å². The molecule has 5 aliphatic rings. The van der Waals surface area contributed by atoms with Gasteiger partial charge in [0.05, 0.1) is 16.7 Å². The van der Waals surface area contributed by atoms with E-state index in [0.717, 1.165) is 23.1 Å². The number of amides is 2. The largest absolute Gasteiger partial charge is 0.508 e. The summed E-state index contributed by atoms with van der Waals surface area (Å²) in [7, 11) is 0. The van der Waals surface area contributed by atoms with Gasteiger partial charge in [0, 0.05) is 52.5 Å². The smallest absolute Gasteiger partial charge is 0.340 e. The molecule has 2 amide bonds. The van der Waals surface area contributed by atoms with Crippen molar-refractivity contribution in [3.63, 3.8) is 0 Å². The molecule has 282 valence electrons. The Balaban J connectivity index is 0.832. The number of allylic oxidation sites excluding steroid dienone is 2. The van der Waals surface area contributed by atoms with E-state index < -0.39 is 17.0 Å². The van der Waals surface area contributed by atoms with Gasteiger partial charge in [-0.25, -0.2) is 9.69 Å². The molecule has 3 heterocycles. The Hall–Kier alpha value is -6.72. The predicted octanol–water partition coefficient (Wildman–Crippen LogP) is 8.08. The number of carbonyl (C=O) groups is 3. The van der Waals surface area contributed by atoms with Gasteiger partial charge in [-0.05, 0) is 109 Å². The van der Waals surface area contributed by atoms with Crippen molar-refractivity contribution in [3.8, 4) is 34.1 Å². The van der Waals surface area contributed by atoms with Crippen LogP contribution in [-0.4, -0.2) is 33.1 Å². The number of nitrogens with one attached hydrogen (secondary N) is 2. The van der Waals surface area contributed by atoms with Gasteiger partial charge in [0.2, 0.25) is 5.91 Å². The van der Waals surface area contributed by atoms with Crippen LogP contribution >= 0.6 is 12.2 Å². The van der Waals surface area contributed by atoms with Gasteiger partial charge in [0.15, 0.2) is 10.7 Å². The minimum Gasteiger partial charge on any atom is -0.508 e. The first-order chi connectivity index (χ1) is 27.4. The number of carbonyl (C=O) groups excluding carboxylic acids is 3. The maximum absolute atomic E-state index is 13.9. The molecule has 0 aromatic heterocycles. The van der Waals surface area contributed by atoms with Gasteiger partial charge >= 0.3 is 5.97 Å². The summed E-state index contributed by atoms with van der Waals surface area (Å²) in [6.45, 7) is 6.58. The molecule has 2 bridgehead atoms. The Labute approximate surface area is 333 Å². The molecule has 5 aromatic carbocycles. The number of ether oxygens (including phenoxy) is 2. The highest BCUT2D eigenvalue weighted by molar-refractivity contribution is 7.80. The molecule has 4 N–H and O–H groups in total. The number of phenols is 2. The molecule has 1 saturated heterocycles. The lowest BCUT2D eigenvalue weighted by Gasteiger charge is -2.45. The molecule has 5 aromatic rings. The molecular weight excluding hydrogens is 739 g/mol. The Morgan fingerprint density at radius 2 is 1.49 bits per heavy atom. The third-order valence-corrected chi connectivity index (χ3v) is 12.6. The van der Waals surface area contributed by atoms with Crippen LogP contribution in [0.3, 0.4) is 0 Å². The summed E-state index contributed by atoms with van der Waals surface area (Å²) in [5.74, 6) is -0.264. The minimum atomic E-state index is -1.39. The molecule has 11 heteroatoms. The number of nitrogens with zero attached hydrogens (tertiary/aromatic N) is 1. The number of esters is 1.